The number of hydrogen-bond acceptors (Lipinski definition) is 3. The van der Waals surface area contributed by atoms with Crippen LogP contribution in [0.2, 0.25) is 0 Å². The van der Waals surface area contributed by atoms with Crippen molar-refractivity contribution in [2.45, 2.75) is 47.7 Å². The van der Waals surface area contributed by atoms with E-state index in [-0.39, 0.29) is 0 Å². The highest BCUT2D eigenvalue weighted by atomic mass is 15.3. The summed E-state index contributed by atoms with van der Waals surface area (Å²) in [5.41, 5.74) is 7.75. The number of aliphatic imine (C=N–C) groups is 1. The maximum Gasteiger partial charge on any atom is 0.191 e. The zero-order chi connectivity index (χ0) is 21.0. The third-order valence-electron chi connectivity index (χ3n) is 5.07. The Labute approximate surface area is 172 Å². The van der Waals surface area contributed by atoms with Crippen LogP contribution in [0.15, 0.2) is 35.3 Å². The lowest BCUT2D eigenvalue weighted by molar-refractivity contribution is 0.728. The van der Waals surface area contributed by atoms with E-state index < -0.39 is 0 Å². The van der Waals surface area contributed by atoms with Gasteiger partial charge in [0.1, 0.15) is 0 Å². The van der Waals surface area contributed by atoms with Crippen molar-refractivity contribution in [3.8, 4) is 5.69 Å². The maximum atomic E-state index is 4.81. The summed E-state index contributed by atoms with van der Waals surface area (Å²) in [5.74, 6) is 0.790. The third-order valence-corrected chi connectivity index (χ3v) is 5.07. The largest absolute Gasteiger partial charge is 0.357 e. The molecule has 154 valence electrons. The normalized spacial score (nSPS) is 11.7. The Hall–Kier alpha value is -3.09. The van der Waals surface area contributed by atoms with Gasteiger partial charge in [-0.05, 0) is 52.3 Å². The number of aromatic nitrogens is 4. The van der Waals surface area contributed by atoms with E-state index in [4.69, 9.17) is 4.99 Å². The van der Waals surface area contributed by atoms with E-state index >= 15 is 0 Å². The molecule has 7 heteroatoms. The number of nitrogens with zero attached hydrogens (tertiary/aromatic N) is 5. The van der Waals surface area contributed by atoms with Crippen LogP contribution in [0.3, 0.4) is 0 Å². The summed E-state index contributed by atoms with van der Waals surface area (Å²) in [5, 5.41) is 15.9. The van der Waals surface area contributed by atoms with Gasteiger partial charge >= 0.3 is 0 Å². The molecule has 2 heterocycles. The molecule has 1 aromatic carbocycles. The summed E-state index contributed by atoms with van der Waals surface area (Å²) < 4.78 is 3.91. The van der Waals surface area contributed by atoms with Crippen molar-refractivity contribution >= 4 is 5.96 Å². The first-order valence-electron chi connectivity index (χ1n) is 10.0. The molecule has 0 atom stereocenters. The van der Waals surface area contributed by atoms with E-state index in [0.29, 0.717) is 13.1 Å². The molecule has 3 aromatic rings. The smallest absolute Gasteiger partial charge is 0.191 e. The first kappa shape index (κ1) is 20.6. The second-order valence-corrected chi connectivity index (χ2v) is 7.29. The van der Waals surface area contributed by atoms with Gasteiger partial charge in [0.25, 0.3) is 0 Å². The molecule has 2 N–H and O–H groups in total. The van der Waals surface area contributed by atoms with Crippen LogP contribution in [0.5, 0.6) is 0 Å². The second kappa shape index (κ2) is 8.94. The lowest BCUT2D eigenvalue weighted by atomic mass is 10.2. The average Bonchev–Trinajstić information content (AvgIpc) is 3.15. The Morgan fingerprint density at radius 2 is 1.83 bits per heavy atom. The number of guanidine groups is 1. The molecule has 0 bridgehead atoms. The van der Waals surface area contributed by atoms with Crippen molar-refractivity contribution in [2.75, 3.05) is 6.54 Å². The molecule has 0 saturated heterocycles. The van der Waals surface area contributed by atoms with Gasteiger partial charge in [0.2, 0.25) is 0 Å². The SMILES string of the molecule is CCNC(=NCc1ccccc1-n1nc(C)cc1C)NCc1c(C)nn(C)c1C. The van der Waals surface area contributed by atoms with Crippen molar-refractivity contribution < 1.29 is 0 Å². The Balaban J connectivity index is 1.80. The van der Waals surface area contributed by atoms with Crippen molar-refractivity contribution in [1.82, 2.24) is 30.2 Å². The number of nitrogens with one attached hydrogen (secondary N) is 2. The molecule has 0 radical (unpaired) electrons. The molecule has 0 fully saturated rings. The first-order chi connectivity index (χ1) is 13.9. The van der Waals surface area contributed by atoms with Crippen LogP contribution in [-0.4, -0.2) is 32.1 Å². The van der Waals surface area contributed by atoms with Gasteiger partial charge in [-0.25, -0.2) is 9.67 Å². The summed E-state index contributed by atoms with van der Waals surface area (Å²) in [7, 11) is 1.97. The molecular weight excluding hydrogens is 362 g/mol. The van der Waals surface area contributed by atoms with Gasteiger partial charge in [0, 0.05) is 37.1 Å². The Morgan fingerprint density at radius 1 is 1.07 bits per heavy atom. The minimum Gasteiger partial charge on any atom is -0.357 e. The highest BCUT2D eigenvalue weighted by Crippen LogP contribution is 2.18. The van der Waals surface area contributed by atoms with Gasteiger partial charge in [-0.15, -0.1) is 0 Å². The molecule has 2 aromatic heterocycles. The molecule has 0 spiro atoms. The standard InChI is InChI=1S/C22H31N7/c1-7-23-22(25-14-20-17(4)27-28(6)18(20)5)24-13-19-10-8-9-11-21(19)29-16(3)12-15(2)26-29/h8-12H,7,13-14H2,1-6H3,(H2,23,24,25). The molecule has 0 unspecified atom stereocenters. The van der Waals surface area contributed by atoms with E-state index in [1.807, 2.05) is 42.4 Å². The Bertz CT molecular complexity index is 1010. The van der Waals surface area contributed by atoms with Crippen LogP contribution in [-0.2, 0) is 20.1 Å². The van der Waals surface area contributed by atoms with Crippen LogP contribution in [0.25, 0.3) is 5.69 Å². The monoisotopic (exact) mass is 393 g/mol. The first-order valence-corrected chi connectivity index (χ1v) is 10.0. The van der Waals surface area contributed by atoms with E-state index in [1.165, 1.54) is 11.3 Å². The van der Waals surface area contributed by atoms with E-state index in [9.17, 15) is 0 Å². The molecular formula is C22H31N7. The molecule has 0 aliphatic rings. The highest BCUT2D eigenvalue weighted by molar-refractivity contribution is 5.79. The molecule has 7 nitrogen and oxygen atoms in total. The number of hydrogen-bond donors (Lipinski definition) is 2. The Kier molecular flexibility index (Phi) is 6.36. The molecule has 29 heavy (non-hydrogen) atoms. The zero-order valence-corrected chi connectivity index (χ0v) is 18.2. The third kappa shape index (κ3) is 4.67. The fourth-order valence-electron chi connectivity index (χ4n) is 3.48. The van der Waals surface area contributed by atoms with E-state index in [2.05, 4.69) is 59.8 Å². The van der Waals surface area contributed by atoms with Crippen molar-refractivity contribution in [3.05, 3.63) is 64.2 Å². The van der Waals surface area contributed by atoms with Crippen molar-refractivity contribution in [1.29, 1.82) is 0 Å². The van der Waals surface area contributed by atoms with Crippen LogP contribution < -0.4 is 10.6 Å². The van der Waals surface area contributed by atoms with Gasteiger partial charge in [0.15, 0.2) is 5.96 Å². The summed E-state index contributed by atoms with van der Waals surface area (Å²) >= 11 is 0. The van der Waals surface area contributed by atoms with Crippen LogP contribution in [0.4, 0.5) is 0 Å². The van der Waals surface area contributed by atoms with Gasteiger partial charge in [0.05, 0.1) is 23.6 Å². The minimum absolute atomic E-state index is 0.564. The molecule has 3 rings (SSSR count). The average molecular weight is 394 g/mol. The van der Waals surface area contributed by atoms with Crippen molar-refractivity contribution in [3.63, 3.8) is 0 Å². The fourth-order valence-corrected chi connectivity index (χ4v) is 3.48. The topological polar surface area (TPSA) is 72.1 Å². The van der Waals surface area contributed by atoms with Crippen LogP contribution in [0, 0.1) is 27.7 Å². The number of aryl methyl sites for hydroxylation is 4. The molecule has 0 aliphatic heterocycles. The lowest BCUT2D eigenvalue weighted by Gasteiger charge is -2.13. The number of benzene rings is 1. The summed E-state index contributed by atoms with van der Waals surface area (Å²) in [4.78, 5) is 4.81. The molecule has 0 saturated carbocycles. The van der Waals surface area contributed by atoms with E-state index in [0.717, 1.165) is 40.8 Å². The second-order valence-electron chi connectivity index (χ2n) is 7.29. The number of para-hydroxylation sites is 1. The molecule has 0 aliphatic carbocycles. The fraction of sp³-hybridized carbons (Fsp3) is 0.409. The zero-order valence-electron chi connectivity index (χ0n) is 18.2. The summed E-state index contributed by atoms with van der Waals surface area (Å²) in [6, 6.07) is 10.4. The predicted molar refractivity (Wildman–Crippen MR) is 117 cm³/mol. The van der Waals surface area contributed by atoms with Gasteiger partial charge in [-0.3, -0.25) is 4.68 Å². The van der Waals surface area contributed by atoms with Gasteiger partial charge in [-0.1, -0.05) is 18.2 Å². The maximum absolute atomic E-state index is 4.81. The van der Waals surface area contributed by atoms with Crippen molar-refractivity contribution in [2.24, 2.45) is 12.0 Å². The highest BCUT2D eigenvalue weighted by Gasteiger charge is 2.11. The number of rotatable bonds is 6. The quantitative estimate of drug-likeness (QED) is 0.499. The van der Waals surface area contributed by atoms with Crippen LogP contribution >= 0.6 is 0 Å². The minimum atomic E-state index is 0.564. The van der Waals surface area contributed by atoms with E-state index in [1.54, 1.807) is 0 Å². The lowest BCUT2D eigenvalue weighted by Crippen LogP contribution is -2.37. The van der Waals surface area contributed by atoms with Gasteiger partial charge in [-0.2, -0.15) is 10.2 Å². The van der Waals surface area contributed by atoms with Crippen LogP contribution in [0.1, 0.15) is 40.8 Å². The summed E-state index contributed by atoms with van der Waals surface area (Å²) in [6.45, 7) is 12.3. The summed E-state index contributed by atoms with van der Waals surface area (Å²) in [6.07, 6.45) is 0. The van der Waals surface area contributed by atoms with Gasteiger partial charge < -0.3 is 10.6 Å². The molecule has 0 amide bonds. The predicted octanol–water partition coefficient (Wildman–Crippen LogP) is 3.09. The Morgan fingerprint density at radius 3 is 2.45 bits per heavy atom.